The van der Waals surface area contributed by atoms with Crippen LogP contribution in [0.15, 0.2) is 0 Å². The Morgan fingerprint density at radius 2 is 2.19 bits per heavy atom. The highest BCUT2D eigenvalue weighted by atomic mass is 19.3. The maximum absolute atomic E-state index is 11.7. The van der Waals surface area contributed by atoms with Crippen LogP contribution in [0.5, 0.6) is 0 Å². The topological polar surface area (TPSA) is 53.3 Å². The van der Waals surface area contributed by atoms with Crippen molar-refractivity contribution in [3.63, 3.8) is 0 Å². The minimum atomic E-state index is -2.51. The molecular weight excluding hydrogens is 218 g/mol. The predicted molar refractivity (Wildman–Crippen MR) is 53.9 cm³/mol. The molecule has 0 bridgehead atoms. The molecule has 4 nitrogen and oxygen atoms in total. The number of halogens is 2. The number of carbonyl (C=O) groups is 1. The molecule has 0 fully saturated rings. The Labute approximate surface area is 93.8 Å². The van der Waals surface area contributed by atoms with Crippen LogP contribution in [0.2, 0.25) is 0 Å². The van der Waals surface area contributed by atoms with Crippen molar-refractivity contribution in [2.75, 3.05) is 20.3 Å². The summed E-state index contributed by atoms with van der Waals surface area (Å²) < 4.78 is 28.0. The molecule has 0 saturated carbocycles. The van der Waals surface area contributed by atoms with Crippen LogP contribution in [0.25, 0.3) is 0 Å². The van der Waals surface area contributed by atoms with Crippen LogP contribution >= 0.6 is 0 Å². The van der Waals surface area contributed by atoms with E-state index in [2.05, 4.69) is 4.74 Å². The van der Waals surface area contributed by atoms with Gasteiger partial charge in [0.1, 0.15) is 6.61 Å². The van der Waals surface area contributed by atoms with Crippen molar-refractivity contribution < 1.29 is 18.3 Å². The summed E-state index contributed by atoms with van der Waals surface area (Å²) in [5, 5.41) is 8.45. The van der Waals surface area contributed by atoms with E-state index in [1.54, 1.807) is 14.0 Å². The lowest BCUT2D eigenvalue weighted by Gasteiger charge is -2.22. The Kier molecular flexibility index (Phi) is 7.38. The molecule has 6 heteroatoms. The molecule has 0 aromatic rings. The minimum absolute atomic E-state index is 0.0210. The summed E-state index contributed by atoms with van der Waals surface area (Å²) in [5.74, 6) is -0.211. The van der Waals surface area contributed by atoms with Crippen molar-refractivity contribution in [3.8, 4) is 6.07 Å². The van der Waals surface area contributed by atoms with Gasteiger partial charge in [-0.3, -0.25) is 4.79 Å². The lowest BCUT2D eigenvalue weighted by atomic mass is 10.2. The number of ether oxygens (including phenoxy) is 1. The third kappa shape index (κ3) is 6.30. The summed E-state index contributed by atoms with van der Waals surface area (Å²) in [6.45, 7) is 1.08. The number of rotatable bonds is 7. The molecule has 92 valence electrons. The van der Waals surface area contributed by atoms with Gasteiger partial charge in [0.05, 0.1) is 25.5 Å². The first kappa shape index (κ1) is 14.8. The van der Waals surface area contributed by atoms with E-state index >= 15 is 0 Å². The third-order valence-corrected chi connectivity index (χ3v) is 2.15. The van der Waals surface area contributed by atoms with Gasteiger partial charge in [-0.05, 0) is 6.92 Å². The molecule has 1 unspecified atom stereocenters. The summed E-state index contributed by atoms with van der Waals surface area (Å²) in [5.41, 5.74) is 0. The molecule has 0 spiro atoms. The zero-order valence-electron chi connectivity index (χ0n) is 9.45. The normalized spacial score (nSPS) is 12.2. The maximum Gasteiger partial charge on any atom is 0.261 e. The molecule has 0 heterocycles. The summed E-state index contributed by atoms with van der Waals surface area (Å²) in [4.78, 5) is 12.9. The highest BCUT2D eigenvalue weighted by Crippen LogP contribution is 2.03. The fraction of sp³-hybridized carbons (Fsp3) is 0.800. The highest BCUT2D eigenvalue weighted by molar-refractivity contribution is 5.76. The number of hydrogen-bond acceptors (Lipinski definition) is 3. The number of alkyl halides is 2. The van der Waals surface area contributed by atoms with Gasteiger partial charge in [0.15, 0.2) is 0 Å². The molecule has 0 aliphatic heterocycles. The lowest BCUT2D eigenvalue weighted by Crippen LogP contribution is -2.35. The van der Waals surface area contributed by atoms with Crippen LogP contribution in [0.4, 0.5) is 8.78 Å². The molecule has 0 aromatic carbocycles. The maximum atomic E-state index is 11.7. The quantitative estimate of drug-likeness (QED) is 0.626. The van der Waals surface area contributed by atoms with E-state index in [1.165, 1.54) is 4.90 Å². The minimum Gasteiger partial charge on any atom is -0.375 e. The first-order chi connectivity index (χ1) is 7.49. The molecule has 1 amide bonds. The summed E-state index contributed by atoms with van der Waals surface area (Å²) >= 11 is 0. The van der Waals surface area contributed by atoms with E-state index in [1.807, 2.05) is 6.07 Å². The van der Waals surface area contributed by atoms with E-state index in [0.717, 1.165) is 0 Å². The standard InChI is InChI=1S/C10H16F2N2O2/c1-8(3-5-13)14(2)10(15)4-6-16-7-9(11)12/h8-9H,3-4,6-7H2,1-2H3. The predicted octanol–water partition coefficient (Wildman–Crippen LogP) is 1.42. The van der Waals surface area contributed by atoms with Crippen molar-refractivity contribution in [3.05, 3.63) is 0 Å². The average Bonchev–Trinajstić information content (AvgIpc) is 2.23. The smallest absolute Gasteiger partial charge is 0.261 e. The second-order valence-electron chi connectivity index (χ2n) is 3.43. The van der Waals surface area contributed by atoms with Crippen molar-refractivity contribution >= 4 is 5.91 Å². The molecule has 0 rings (SSSR count). The van der Waals surface area contributed by atoms with Crippen LogP contribution in [-0.2, 0) is 9.53 Å². The summed E-state index contributed by atoms with van der Waals surface area (Å²) in [6, 6.07) is 1.79. The van der Waals surface area contributed by atoms with Crippen LogP contribution in [0.1, 0.15) is 19.8 Å². The van der Waals surface area contributed by atoms with Crippen molar-refractivity contribution in [2.24, 2.45) is 0 Å². The molecule has 0 aliphatic carbocycles. The molecule has 16 heavy (non-hydrogen) atoms. The molecule has 0 radical (unpaired) electrons. The Balaban J connectivity index is 3.76. The van der Waals surface area contributed by atoms with Crippen molar-refractivity contribution in [2.45, 2.75) is 32.2 Å². The number of hydrogen-bond donors (Lipinski definition) is 0. The van der Waals surface area contributed by atoms with Gasteiger partial charge in [-0.2, -0.15) is 5.26 Å². The molecule has 0 aromatic heterocycles. The molecular formula is C10H16F2N2O2. The zero-order chi connectivity index (χ0) is 12.6. The van der Waals surface area contributed by atoms with E-state index in [-0.39, 0.29) is 31.4 Å². The zero-order valence-corrected chi connectivity index (χ0v) is 9.45. The van der Waals surface area contributed by atoms with Gasteiger partial charge in [-0.25, -0.2) is 8.78 Å². The van der Waals surface area contributed by atoms with Crippen LogP contribution in [0, 0.1) is 11.3 Å². The average molecular weight is 234 g/mol. The number of carbonyl (C=O) groups excluding carboxylic acids is 1. The van der Waals surface area contributed by atoms with Gasteiger partial charge < -0.3 is 9.64 Å². The Morgan fingerprint density at radius 1 is 1.56 bits per heavy atom. The van der Waals surface area contributed by atoms with E-state index in [9.17, 15) is 13.6 Å². The lowest BCUT2D eigenvalue weighted by molar-refractivity contribution is -0.133. The third-order valence-electron chi connectivity index (χ3n) is 2.15. The fourth-order valence-corrected chi connectivity index (χ4v) is 1.02. The van der Waals surface area contributed by atoms with E-state index < -0.39 is 13.0 Å². The van der Waals surface area contributed by atoms with Crippen molar-refractivity contribution in [1.82, 2.24) is 4.90 Å². The van der Waals surface area contributed by atoms with Gasteiger partial charge >= 0.3 is 0 Å². The summed E-state index contributed by atoms with van der Waals surface area (Å²) in [6.07, 6.45) is -2.20. The van der Waals surface area contributed by atoms with E-state index in [0.29, 0.717) is 0 Å². The SMILES string of the molecule is CC(CC#N)N(C)C(=O)CCOCC(F)F. The van der Waals surface area contributed by atoms with Gasteiger partial charge in [0.25, 0.3) is 6.43 Å². The fourth-order valence-electron chi connectivity index (χ4n) is 1.02. The van der Waals surface area contributed by atoms with Gasteiger partial charge in [-0.15, -0.1) is 0 Å². The van der Waals surface area contributed by atoms with Crippen LogP contribution in [0.3, 0.4) is 0 Å². The Morgan fingerprint density at radius 3 is 2.69 bits per heavy atom. The monoisotopic (exact) mass is 234 g/mol. The van der Waals surface area contributed by atoms with Gasteiger partial charge in [0, 0.05) is 13.1 Å². The van der Waals surface area contributed by atoms with E-state index in [4.69, 9.17) is 5.26 Å². The molecule has 0 aliphatic rings. The molecule has 0 saturated heterocycles. The Bertz CT molecular complexity index is 254. The highest BCUT2D eigenvalue weighted by Gasteiger charge is 2.15. The van der Waals surface area contributed by atoms with Gasteiger partial charge in [0.2, 0.25) is 5.91 Å². The number of nitriles is 1. The van der Waals surface area contributed by atoms with Crippen LogP contribution < -0.4 is 0 Å². The number of nitrogens with zero attached hydrogens (tertiary/aromatic N) is 2. The molecule has 0 N–H and O–H groups in total. The second kappa shape index (κ2) is 7.99. The second-order valence-corrected chi connectivity index (χ2v) is 3.43. The molecule has 1 atom stereocenters. The first-order valence-electron chi connectivity index (χ1n) is 4.97. The largest absolute Gasteiger partial charge is 0.375 e. The summed E-state index contributed by atoms with van der Waals surface area (Å²) in [7, 11) is 1.58. The number of amides is 1. The van der Waals surface area contributed by atoms with Crippen molar-refractivity contribution in [1.29, 1.82) is 5.26 Å². The Hall–Kier alpha value is -1.22. The first-order valence-corrected chi connectivity index (χ1v) is 4.97. The van der Waals surface area contributed by atoms with Crippen LogP contribution in [-0.4, -0.2) is 43.5 Å². The van der Waals surface area contributed by atoms with Gasteiger partial charge in [-0.1, -0.05) is 0 Å².